The number of hydrazone groups is 1. The molecule has 3 rings (SSSR count). The van der Waals surface area contributed by atoms with Gasteiger partial charge in [0.05, 0.1) is 28.9 Å². The molecule has 8 nitrogen and oxygen atoms in total. The normalized spacial score (nSPS) is 12.0. The highest BCUT2D eigenvalue weighted by Gasteiger charge is 2.17. The van der Waals surface area contributed by atoms with E-state index in [1.54, 1.807) is 16.9 Å². The molecule has 0 bridgehead atoms. The van der Waals surface area contributed by atoms with Crippen molar-refractivity contribution < 1.29 is 4.79 Å². The first-order chi connectivity index (χ1) is 11.9. The fraction of sp³-hybridized carbons (Fsp3) is 0.353. The van der Waals surface area contributed by atoms with Gasteiger partial charge in [-0.15, -0.1) is 0 Å². The fourth-order valence-electron chi connectivity index (χ4n) is 2.77. The van der Waals surface area contributed by atoms with Crippen molar-refractivity contribution in [1.29, 1.82) is 0 Å². The molecule has 0 atom stereocenters. The van der Waals surface area contributed by atoms with Crippen molar-refractivity contribution in [2.45, 2.75) is 34.2 Å². The van der Waals surface area contributed by atoms with E-state index < -0.39 is 0 Å². The zero-order valence-corrected chi connectivity index (χ0v) is 15.0. The van der Waals surface area contributed by atoms with E-state index in [1.807, 2.05) is 45.5 Å². The zero-order chi connectivity index (χ0) is 18.1. The first-order valence-electron chi connectivity index (χ1n) is 7.99. The van der Waals surface area contributed by atoms with E-state index in [0.29, 0.717) is 17.8 Å². The summed E-state index contributed by atoms with van der Waals surface area (Å²) < 4.78 is 3.51. The molecule has 130 valence electrons. The van der Waals surface area contributed by atoms with Crippen molar-refractivity contribution in [3.8, 4) is 0 Å². The van der Waals surface area contributed by atoms with Crippen molar-refractivity contribution in [2.75, 3.05) is 0 Å². The Balaban J connectivity index is 1.85. The first-order valence-corrected chi connectivity index (χ1v) is 7.99. The van der Waals surface area contributed by atoms with Crippen LogP contribution in [0.25, 0.3) is 11.0 Å². The predicted molar refractivity (Wildman–Crippen MR) is 95.5 cm³/mol. The number of nitrogens with zero attached hydrogens (tertiary/aromatic N) is 6. The van der Waals surface area contributed by atoms with Crippen molar-refractivity contribution in [2.24, 2.45) is 12.1 Å². The molecule has 0 fully saturated rings. The van der Waals surface area contributed by atoms with Crippen LogP contribution in [0.1, 0.15) is 34.4 Å². The summed E-state index contributed by atoms with van der Waals surface area (Å²) in [5, 5.41) is 13.5. The summed E-state index contributed by atoms with van der Waals surface area (Å²) in [6, 6.07) is 3.68. The van der Waals surface area contributed by atoms with Gasteiger partial charge in [0.15, 0.2) is 5.65 Å². The monoisotopic (exact) mass is 339 g/mol. The number of pyridine rings is 1. The molecule has 3 aromatic heterocycles. The summed E-state index contributed by atoms with van der Waals surface area (Å²) in [6.07, 6.45) is 1.74. The molecule has 3 heterocycles. The largest absolute Gasteiger partial charge is 0.272 e. The van der Waals surface area contributed by atoms with Gasteiger partial charge in [0.25, 0.3) is 5.91 Å². The highest BCUT2D eigenvalue weighted by atomic mass is 16.2. The van der Waals surface area contributed by atoms with Crippen molar-refractivity contribution in [3.63, 3.8) is 0 Å². The van der Waals surface area contributed by atoms with Crippen LogP contribution in [0, 0.1) is 20.8 Å². The average molecular weight is 339 g/mol. The van der Waals surface area contributed by atoms with E-state index >= 15 is 0 Å². The zero-order valence-electron chi connectivity index (χ0n) is 15.0. The Hall–Kier alpha value is -3.03. The average Bonchev–Trinajstić information content (AvgIpc) is 3.08. The molecule has 0 spiro atoms. The molecule has 1 amide bonds. The molecule has 0 aliphatic rings. The third-order valence-electron chi connectivity index (χ3n) is 4.00. The Morgan fingerprint density at radius 3 is 2.76 bits per heavy atom. The van der Waals surface area contributed by atoms with Crippen molar-refractivity contribution >= 4 is 22.7 Å². The first kappa shape index (κ1) is 16.8. The number of hydrogen-bond acceptors (Lipinski definition) is 5. The minimum Gasteiger partial charge on any atom is -0.267 e. The molecular weight excluding hydrogens is 318 g/mol. The SMILES string of the molecule is CC(Cn1nccc1C)=NNC(=O)c1cc(C)nc2c1c(C)nn2C. The molecule has 0 saturated heterocycles. The lowest BCUT2D eigenvalue weighted by Crippen LogP contribution is -2.21. The molecule has 0 saturated carbocycles. The highest BCUT2D eigenvalue weighted by Crippen LogP contribution is 2.21. The number of carbonyl (C=O) groups excluding carboxylic acids is 1. The van der Waals surface area contributed by atoms with Crippen LogP contribution in [0.2, 0.25) is 0 Å². The second kappa shape index (κ2) is 6.46. The lowest BCUT2D eigenvalue weighted by atomic mass is 10.1. The molecule has 0 aliphatic carbocycles. The Morgan fingerprint density at radius 2 is 2.08 bits per heavy atom. The molecule has 0 unspecified atom stereocenters. The molecule has 0 aromatic carbocycles. The van der Waals surface area contributed by atoms with Gasteiger partial charge >= 0.3 is 0 Å². The van der Waals surface area contributed by atoms with Crippen LogP contribution in [0.15, 0.2) is 23.4 Å². The molecule has 25 heavy (non-hydrogen) atoms. The van der Waals surface area contributed by atoms with E-state index in [9.17, 15) is 4.79 Å². The number of carbonyl (C=O) groups is 1. The van der Waals surface area contributed by atoms with Gasteiger partial charge in [-0.3, -0.25) is 14.2 Å². The van der Waals surface area contributed by atoms with E-state index in [0.717, 1.165) is 28.2 Å². The maximum absolute atomic E-state index is 12.6. The Morgan fingerprint density at radius 1 is 1.32 bits per heavy atom. The second-order valence-corrected chi connectivity index (χ2v) is 6.14. The maximum atomic E-state index is 12.6. The van der Waals surface area contributed by atoms with Crippen LogP contribution in [0.3, 0.4) is 0 Å². The summed E-state index contributed by atoms with van der Waals surface area (Å²) in [5.41, 5.74) is 7.17. The van der Waals surface area contributed by atoms with Gasteiger partial charge in [-0.2, -0.15) is 15.3 Å². The van der Waals surface area contributed by atoms with Gasteiger partial charge < -0.3 is 0 Å². The van der Waals surface area contributed by atoms with Crippen LogP contribution in [0.5, 0.6) is 0 Å². The summed E-state index contributed by atoms with van der Waals surface area (Å²) >= 11 is 0. The van der Waals surface area contributed by atoms with E-state index in [-0.39, 0.29) is 5.91 Å². The van der Waals surface area contributed by atoms with Gasteiger partial charge in [-0.25, -0.2) is 10.4 Å². The smallest absolute Gasteiger partial charge is 0.267 e. The second-order valence-electron chi connectivity index (χ2n) is 6.14. The Kier molecular flexibility index (Phi) is 4.35. The standard InChI is InChI=1S/C17H21N7O/c1-10-8-14(15-13(4)22-23(5)16(15)19-10)17(25)21-20-11(2)9-24-12(3)6-7-18-24/h6-8H,9H2,1-5H3,(H,21,25). The van der Waals surface area contributed by atoms with Crippen LogP contribution in [0.4, 0.5) is 0 Å². The van der Waals surface area contributed by atoms with Crippen LogP contribution in [-0.2, 0) is 13.6 Å². The van der Waals surface area contributed by atoms with E-state index in [1.165, 1.54) is 0 Å². The van der Waals surface area contributed by atoms with E-state index in [2.05, 4.69) is 25.7 Å². The number of amides is 1. The highest BCUT2D eigenvalue weighted by molar-refractivity contribution is 6.06. The molecule has 0 aliphatic heterocycles. The Bertz CT molecular complexity index is 980. The van der Waals surface area contributed by atoms with Gasteiger partial charge in [0.2, 0.25) is 0 Å². The van der Waals surface area contributed by atoms with Crippen molar-refractivity contribution in [1.82, 2.24) is 30.0 Å². The fourth-order valence-corrected chi connectivity index (χ4v) is 2.77. The minimum atomic E-state index is -0.275. The molecular formula is C17H21N7O. The van der Waals surface area contributed by atoms with Gasteiger partial charge in [-0.1, -0.05) is 0 Å². The van der Waals surface area contributed by atoms with Gasteiger partial charge in [0, 0.05) is 24.6 Å². The number of rotatable bonds is 4. The maximum Gasteiger partial charge on any atom is 0.272 e. The lowest BCUT2D eigenvalue weighted by Gasteiger charge is -2.07. The summed E-state index contributed by atoms with van der Waals surface area (Å²) in [4.78, 5) is 17.1. The number of hydrogen-bond donors (Lipinski definition) is 1. The molecule has 0 radical (unpaired) electrons. The van der Waals surface area contributed by atoms with Crippen LogP contribution in [-0.4, -0.2) is 36.2 Å². The third kappa shape index (κ3) is 3.28. The number of nitrogens with one attached hydrogen (secondary N) is 1. The quantitative estimate of drug-likeness (QED) is 0.580. The summed E-state index contributed by atoms with van der Waals surface area (Å²) in [7, 11) is 1.82. The topological polar surface area (TPSA) is 90.0 Å². The number of aromatic nitrogens is 5. The third-order valence-corrected chi connectivity index (χ3v) is 4.00. The van der Waals surface area contributed by atoms with Crippen LogP contribution < -0.4 is 5.43 Å². The lowest BCUT2D eigenvalue weighted by molar-refractivity contribution is 0.0956. The minimum absolute atomic E-state index is 0.275. The predicted octanol–water partition coefficient (Wildman–Crippen LogP) is 1.90. The number of aryl methyl sites for hydroxylation is 4. The molecule has 1 N–H and O–H groups in total. The molecule has 8 heteroatoms. The summed E-state index contributed by atoms with van der Waals surface area (Å²) in [6.45, 7) is 8.07. The summed E-state index contributed by atoms with van der Waals surface area (Å²) in [5.74, 6) is -0.275. The van der Waals surface area contributed by atoms with Gasteiger partial charge in [0.1, 0.15) is 0 Å². The van der Waals surface area contributed by atoms with Crippen LogP contribution >= 0.6 is 0 Å². The molecule has 3 aromatic rings. The van der Waals surface area contributed by atoms with E-state index in [4.69, 9.17) is 0 Å². The van der Waals surface area contributed by atoms with Gasteiger partial charge in [-0.05, 0) is 39.8 Å². The number of fused-ring (bicyclic) bond motifs is 1. The van der Waals surface area contributed by atoms with Crippen molar-refractivity contribution in [3.05, 3.63) is 41.0 Å². The Labute approximate surface area is 145 Å².